The van der Waals surface area contributed by atoms with Crippen LogP contribution in [0.2, 0.25) is 0 Å². The fraction of sp³-hybridized carbons (Fsp3) is 0.548. The molecule has 2 aromatic heterocycles. The van der Waals surface area contributed by atoms with Crippen LogP contribution in [-0.4, -0.2) is 87.2 Å². The van der Waals surface area contributed by atoms with Gasteiger partial charge in [-0.15, -0.1) is 0 Å². The topological polar surface area (TPSA) is 145 Å². The summed E-state index contributed by atoms with van der Waals surface area (Å²) in [5.41, 5.74) is 0.0585. The van der Waals surface area contributed by atoms with E-state index in [2.05, 4.69) is 25.4 Å². The molecule has 15 heteroatoms. The molecule has 2 saturated heterocycles. The Morgan fingerprint density at radius 2 is 1.83 bits per heavy atom. The number of carbonyl (C=O) groups excluding carboxylic acids is 2. The lowest BCUT2D eigenvalue weighted by atomic mass is 9.94. The highest BCUT2D eigenvalue weighted by atomic mass is 19.1. The van der Waals surface area contributed by atoms with Crippen LogP contribution in [0.3, 0.4) is 0 Å². The summed E-state index contributed by atoms with van der Waals surface area (Å²) in [5.74, 6) is -0.978. The van der Waals surface area contributed by atoms with Crippen molar-refractivity contribution in [2.75, 3.05) is 31.1 Å². The van der Waals surface area contributed by atoms with E-state index in [1.807, 2.05) is 18.7 Å². The van der Waals surface area contributed by atoms with Crippen LogP contribution in [0.4, 0.5) is 24.3 Å². The Morgan fingerprint density at radius 3 is 2.48 bits per heavy atom. The monoisotopic (exact) mass is 643 g/mol. The number of aromatic nitrogens is 4. The van der Waals surface area contributed by atoms with Crippen LogP contribution in [-0.2, 0) is 20.8 Å². The predicted molar refractivity (Wildman–Crippen MR) is 161 cm³/mol. The van der Waals surface area contributed by atoms with Gasteiger partial charge in [0.2, 0.25) is 11.8 Å². The molecule has 0 aliphatic carbocycles. The van der Waals surface area contributed by atoms with Gasteiger partial charge >= 0.3 is 12.2 Å². The van der Waals surface area contributed by atoms with Crippen LogP contribution in [0.1, 0.15) is 64.8 Å². The number of rotatable bonds is 8. The summed E-state index contributed by atoms with van der Waals surface area (Å²) in [7, 11) is 0. The smallest absolute Gasteiger partial charge is 0.410 e. The Morgan fingerprint density at radius 1 is 1.11 bits per heavy atom. The minimum Gasteiger partial charge on any atom is -0.447 e. The van der Waals surface area contributed by atoms with Gasteiger partial charge in [-0.2, -0.15) is 4.98 Å². The van der Waals surface area contributed by atoms with Crippen molar-refractivity contribution in [1.29, 1.82) is 0 Å². The Bertz CT molecular complexity index is 1510. The molecule has 13 nitrogen and oxygen atoms in total. The molecule has 248 valence electrons. The van der Waals surface area contributed by atoms with E-state index in [1.165, 1.54) is 12.1 Å². The summed E-state index contributed by atoms with van der Waals surface area (Å²) in [6.45, 7) is 10.6. The van der Waals surface area contributed by atoms with Crippen LogP contribution in [0.15, 0.2) is 35.1 Å². The quantitative estimate of drug-likeness (QED) is 0.360. The highest BCUT2D eigenvalue weighted by Gasteiger charge is 2.38. The van der Waals surface area contributed by atoms with Crippen LogP contribution in [0, 0.1) is 11.6 Å². The molecule has 1 N–H and O–H groups in total. The third kappa shape index (κ3) is 8.44. The third-order valence-electron chi connectivity index (χ3n) is 7.51. The van der Waals surface area contributed by atoms with Gasteiger partial charge in [-0.3, -0.25) is 0 Å². The fourth-order valence-corrected chi connectivity index (χ4v) is 5.39. The lowest BCUT2D eigenvalue weighted by molar-refractivity contribution is -0.0147. The number of benzene rings is 1. The van der Waals surface area contributed by atoms with Crippen molar-refractivity contribution < 1.29 is 37.1 Å². The minimum atomic E-state index is -0.721. The Hall–Kier alpha value is -4.40. The molecule has 0 radical (unpaired) electrons. The summed E-state index contributed by atoms with van der Waals surface area (Å²) in [4.78, 5) is 41.5. The molecule has 0 spiro atoms. The molecule has 0 unspecified atom stereocenters. The zero-order chi connectivity index (χ0) is 33.0. The maximum absolute atomic E-state index is 14.8. The number of piperidine rings is 1. The molecular weight excluding hydrogens is 604 g/mol. The molecule has 2 amide bonds. The molecule has 46 heavy (non-hydrogen) atoms. The number of halogens is 2. The predicted octanol–water partition coefficient (Wildman–Crippen LogP) is 4.83. The van der Waals surface area contributed by atoms with Gasteiger partial charge < -0.3 is 33.9 Å². The molecule has 2 aliphatic heterocycles. The van der Waals surface area contributed by atoms with Gasteiger partial charge in [-0.05, 0) is 59.1 Å². The van der Waals surface area contributed by atoms with E-state index < -0.39 is 35.3 Å². The average molecular weight is 644 g/mol. The number of carbonyl (C=O) groups is 2. The third-order valence-corrected chi connectivity index (χ3v) is 7.51. The zero-order valence-electron chi connectivity index (χ0n) is 26.5. The maximum Gasteiger partial charge on any atom is 0.410 e. The van der Waals surface area contributed by atoms with Crippen LogP contribution < -0.4 is 10.2 Å². The summed E-state index contributed by atoms with van der Waals surface area (Å²) in [5, 5.41) is 6.85. The Balaban J connectivity index is 1.19. The Kier molecular flexibility index (Phi) is 9.99. The maximum atomic E-state index is 14.8. The lowest BCUT2D eigenvalue weighted by Gasteiger charge is -2.31. The lowest BCUT2D eigenvalue weighted by Crippen LogP contribution is -2.43. The van der Waals surface area contributed by atoms with Gasteiger partial charge in [-0.25, -0.2) is 28.3 Å². The van der Waals surface area contributed by atoms with E-state index in [-0.39, 0.29) is 49.4 Å². The van der Waals surface area contributed by atoms with E-state index >= 15 is 0 Å². The van der Waals surface area contributed by atoms with E-state index in [9.17, 15) is 18.4 Å². The number of amides is 2. The average Bonchev–Trinajstić information content (AvgIpc) is 3.63. The fourth-order valence-electron chi connectivity index (χ4n) is 5.39. The number of hydrogen-bond acceptors (Lipinski definition) is 11. The summed E-state index contributed by atoms with van der Waals surface area (Å²) in [6.07, 6.45) is 3.26. The number of likely N-dealkylation sites (tertiary alicyclic amines) is 1. The first-order chi connectivity index (χ1) is 21.8. The molecule has 1 aromatic carbocycles. The first-order valence-corrected chi connectivity index (χ1v) is 15.3. The second-order valence-electron chi connectivity index (χ2n) is 12.6. The van der Waals surface area contributed by atoms with Gasteiger partial charge in [0.05, 0.1) is 23.8 Å². The number of nitrogens with one attached hydrogen (secondary N) is 1. The first kappa shape index (κ1) is 33.0. The van der Waals surface area contributed by atoms with Crippen LogP contribution in [0.5, 0.6) is 0 Å². The van der Waals surface area contributed by atoms with Gasteiger partial charge in [0.1, 0.15) is 23.8 Å². The van der Waals surface area contributed by atoms with Gasteiger partial charge in [0.15, 0.2) is 0 Å². The molecule has 2 atom stereocenters. The number of alkyl carbamates (subject to hydrolysis) is 1. The molecule has 0 bridgehead atoms. The van der Waals surface area contributed by atoms with E-state index in [1.54, 1.807) is 38.1 Å². The van der Waals surface area contributed by atoms with Gasteiger partial charge in [-0.1, -0.05) is 11.2 Å². The molecule has 4 heterocycles. The molecular formula is C31H39F2N7O6. The normalized spacial score (nSPS) is 19.0. The second-order valence-corrected chi connectivity index (χ2v) is 12.6. The van der Waals surface area contributed by atoms with Crippen LogP contribution >= 0.6 is 0 Å². The summed E-state index contributed by atoms with van der Waals surface area (Å²) < 4.78 is 50.4. The van der Waals surface area contributed by atoms with Gasteiger partial charge in [0, 0.05) is 50.6 Å². The molecule has 5 rings (SSSR count). The van der Waals surface area contributed by atoms with E-state index in [0.29, 0.717) is 43.3 Å². The highest BCUT2D eigenvalue weighted by Crippen LogP contribution is 2.32. The SMILES string of the molecule is CC(C)OC(=O)N1CCC(OCc2nc(-c3cnc(N4C[C@H](NC(=O)OC(C)(C)C)[C@@H](c5ccc(F)cc5F)C4)nc3)no2)CC1. The highest BCUT2D eigenvalue weighted by molar-refractivity contribution is 5.69. The Labute approximate surface area is 265 Å². The number of ether oxygens (including phenoxy) is 3. The second kappa shape index (κ2) is 13.9. The van der Waals surface area contributed by atoms with Crippen molar-refractivity contribution in [3.8, 4) is 11.4 Å². The van der Waals surface area contributed by atoms with E-state index in [4.69, 9.17) is 18.7 Å². The van der Waals surface area contributed by atoms with Crippen molar-refractivity contribution in [1.82, 2.24) is 30.3 Å². The van der Waals surface area contributed by atoms with Crippen molar-refractivity contribution in [3.63, 3.8) is 0 Å². The summed E-state index contributed by atoms with van der Waals surface area (Å²) >= 11 is 0. The molecule has 2 aliphatic rings. The number of hydrogen-bond donors (Lipinski definition) is 1. The number of nitrogens with zero attached hydrogens (tertiary/aromatic N) is 6. The van der Waals surface area contributed by atoms with E-state index in [0.717, 1.165) is 6.07 Å². The van der Waals surface area contributed by atoms with Crippen molar-refractivity contribution in [2.24, 2.45) is 0 Å². The minimum absolute atomic E-state index is 0.0534. The van der Waals surface area contributed by atoms with Crippen molar-refractivity contribution in [3.05, 3.63) is 53.7 Å². The zero-order valence-corrected chi connectivity index (χ0v) is 26.5. The van der Waals surface area contributed by atoms with Crippen molar-refractivity contribution in [2.45, 2.75) is 83.8 Å². The largest absolute Gasteiger partial charge is 0.447 e. The molecule has 2 fully saturated rings. The first-order valence-electron chi connectivity index (χ1n) is 15.3. The molecule has 3 aromatic rings. The number of anilines is 1. The van der Waals surface area contributed by atoms with Crippen molar-refractivity contribution >= 4 is 18.1 Å². The standard InChI is InChI=1S/C31H39F2N7O6/c1-18(2)44-30(42)39-10-8-21(9-11-39)43-17-26-37-27(38-46-26)19-13-34-28(35-14-19)40-15-23(22-7-6-20(32)12-24(22)33)25(16-40)36-29(41)45-31(3,4)5/h6-7,12-14,18,21,23,25H,8-11,15-17H2,1-5H3,(H,36,41)/t23-,25+/m1/s1. The van der Waals surface area contributed by atoms with Crippen LogP contribution in [0.25, 0.3) is 11.4 Å². The summed E-state index contributed by atoms with van der Waals surface area (Å²) in [6, 6.07) is 2.85. The molecule has 0 saturated carbocycles. The van der Waals surface area contributed by atoms with Gasteiger partial charge in [0.25, 0.3) is 5.89 Å².